The summed E-state index contributed by atoms with van der Waals surface area (Å²) < 4.78 is 36.4. The number of unbranched alkanes of at least 4 members (excludes halogenated alkanes) is 1. The molecule has 0 aromatic heterocycles. The molecule has 4 aliphatic rings. The smallest absolute Gasteiger partial charge is 0.393 e. The molecule has 9 nitrogen and oxygen atoms in total. The highest BCUT2D eigenvalue weighted by Gasteiger charge is 2.62. The van der Waals surface area contributed by atoms with Crippen molar-refractivity contribution in [1.29, 1.82) is 0 Å². The first kappa shape index (κ1) is 36.5. The highest BCUT2D eigenvalue weighted by atomic mass is 32.3. The molecule has 4 fully saturated rings. The molecule has 6 unspecified atom stereocenters. The normalized spacial score (nSPS) is 38.9. The lowest BCUT2D eigenvalue weighted by atomic mass is 9.43. The first-order valence-electron chi connectivity index (χ1n) is 17.8. The first-order valence-corrected chi connectivity index (χ1v) is 19.2. The van der Waals surface area contributed by atoms with Crippen molar-refractivity contribution in [1.82, 2.24) is 10.6 Å². The fourth-order valence-corrected chi connectivity index (χ4v) is 11.4. The number of fused-ring (bicyclic) bond motifs is 5. The number of hydrogen-bond acceptors (Lipinski definition) is 8. The van der Waals surface area contributed by atoms with Gasteiger partial charge >= 0.3 is 10.4 Å². The second-order valence-electron chi connectivity index (χ2n) is 16.2. The highest BCUT2D eigenvalue weighted by molar-refractivity contribution is 7.80. The Bertz CT molecular complexity index is 1030. The van der Waals surface area contributed by atoms with Crippen LogP contribution in [0, 0.1) is 46.3 Å². The van der Waals surface area contributed by atoms with E-state index in [1.807, 2.05) is 0 Å². The van der Waals surface area contributed by atoms with Crippen LogP contribution in [-0.4, -0.2) is 73.2 Å². The zero-order valence-electron chi connectivity index (χ0n) is 28.3. The third-order valence-electron chi connectivity index (χ3n) is 13.2. The van der Waals surface area contributed by atoms with Gasteiger partial charge in [-0.1, -0.05) is 20.8 Å². The lowest BCUT2D eigenvalue weighted by molar-refractivity contribution is -0.167. The van der Waals surface area contributed by atoms with Crippen molar-refractivity contribution in [3.8, 4) is 0 Å². The van der Waals surface area contributed by atoms with E-state index in [0.717, 1.165) is 71.1 Å². The van der Waals surface area contributed by atoms with Crippen LogP contribution in [0.2, 0.25) is 0 Å². The largest absolute Gasteiger partial charge is 0.397 e. The zero-order valence-corrected chi connectivity index (χ0v) is 29.1. The van der Waals surface area contributed by atoms with E-state index in [1.54, 1.807) is 0 Å². The van der Waals surface area contributed by atoms with Gasteiger partial charge < -0.3 is 26.6 Å². The van der Waals surface area contributed by atoms with Gasteiger partial charge in [-0.15, -0.1) is 0 Å². The first-order chi connectivity index (χ1) is 20.6. The second kappa shape index (κ2) is 14.8. The summed E-state index contributed by atoms with van der Waals surface area (Å²) in [4.78, 5) is 0. The topological polar surface area (TPSA) is 154 Å². The number of rotatable bonds is 16. The van der Waals surface area contributed by atoms with Gasteiger partial charge in [0.15, 0.2) is 0 Å². The third kappa shape index (κ3) is 8.20. The molecule has 0 aliphatic heterocycles. The van der Waals surface area contributed by atoms with E-state index in [2.05, 4.69) is 31.4 Å². The van der Waals surface area contributed by atoms with Crippen molar-refractivity contribution < 1.29 is 27.4 Å². The molecule has 4 aliphatic carbocycles. The van der Waals surface area contributed by atoms with Crippen molar-refractivity contribution in [3.05, 3.63) is 0 Å². The molecule has 10 heteroatoms. The summed E-state index contributed by atoms with van der Waals surface area (Å²) in [6, 6.07) is 0.558. The van der Waals surface area contributed by atoms with E-state index in [1.165, 1.54) is 46.0 Å². The lowest BCUT2D eigenvalue weighted by Crippen LogP contribution is -2.59. The minimum Gasteiger partial charge on any atom is -0.393 e. The summed E-state index contributed by atoms with van der Waals surface area (Å²) in [5.41, 5.74) is 4.67. The van der Waals surface area contributed by atoms with Crippen LogP contribution in [0.1, 0.15) is 118 Å². The Kier molecular flexibility index (Phi) is 12.3. The molecule has 4 saturated carbocycles. The Morgan fingerprint density at radius 3 is 2.34 bits per heavy atom. The van der Waals surface area contributed by atoms with E-state index < -0.39 is 22.1 Å². The van der Waals surface area contributed by atoms with Gasteiger partial charge in [0.05, 0.1) is 12.2 Å². The number of aliphatic hydroxyl groups is 2. The van der Waals surface area contributed by atoms with Gasteiger partial charge in [0, 0.05) is 6.04 Å². The molecule has 0 bridgehead atoms. The molecule has 258 valence electrons. The zero-order chi connectivity index (χ0) is 32.3. The van der Waals surface area contributed by atoms with Crippen LogP contribution in [0.5, 0.6) is 0 Å². The van der Waals surface area contributed by atoms with E-state index in [0.29, 0.717) is 53.4 Å². The molecule has 0 radical (unpaired) electrons. The van der Waals surface area contributed by atoms with Gasteiger partial charge in [-0.2, -0.15) is 8.42 Å². The SMILES string of the molecule is CC(CCC(O)C(C)(C)OS(=O)(=O)O)[C@H]1CCC2C3C(O)C[C@H]4C[C@@H](NCCCNCCCCN)CC[C@]4(C)C3CC[C@@]21C. The maximum absolute atomic E-state index is 11.8. The molecule has 11 atom stereocenters. The van der Waals surface area contributed by atoms with Crippen LogP contribution in [0.25, 0.3) is 0 Å². The van der Waals surface area contributed by atoms with Gasteiger partial charge in [-0.05, 0) is 170 Å². The van der Waals surface area contributed by atoms with Crippen molar-refractivity contribution in [2.45, 2.75) is 142 Å². The summed E-state index contributed by atoms with van der Waals surface area (Å²) in [5, 5.41) is 29.9. The fourth-order valence-electron chi connectivity index (χ4n) is 10.7. The van der Waals surface area contributed by atoms with Crippen LogP contribution in [0.4, 0.5) is 0 Å². The maximum Gasteiger partial charge on any atom is 0.397 e. The maximum atomic E-state index is 11.8. The molecule has 0 aromatic carbocycles. The Morgan fingerprint density at radius 1 is 0.955 bits per heavy atom. The summed E-state index contributed by atoms with van der Waals surface area (Å²) >= 11 is 0. The lowest BCUT2D eigenvalue weighted by Gasteiger charge is -2.62. The van der Waals surface area contributed by atoms with Crippen molar-refractivity contribution in [2.75, 3.05) is 26.2 Å². The fraction of sp³-hybridized carbons (Fsp3) is 1.00. The van der Waals surface area contributed by atoms with Crippen LogP contribution in [0.15, 0.2) is 0 Å². The van der Waals surface area contributed by atoms with Crippen molar-refractivity contribution in [2.24, 2.45) is 52.1 Å². The molecular weight excluding hydrogens is 578 g/mol. The Balaban J connectivity index is 1.31. The molecule has 4 rings (SSSR count). The quantitative estimate of drug-likeness (QED) is 0.104. The van der Waals surface area contributed by atoms with E-state index in [4.69, 9.17) is 14.5 Å². The van der Waals surface area contributed by atoms with E-state index >= 15 is 0 Å². The minimum atomic E-state index is -4.64. The average Bonchev–Trinajstić information content (AvgIpc) is 3.29. The van der Waals surface area contributed by atoms with Gasteiger partial charge in [0.1, 0.15) is 5.60 Å². The monoisotopic (exact) mass is 643 g/mol. The number of hydrogen-bond donors (Lipinski definition) is 6. The van der Waals surface area contributed by atoms with Gasteiger partial charge in [0.2, 0.25) is 0 Å². The van der Waals surface area contributed by atoms with Crippen LogP contribution in [-0.2, 0) is 14.6 Å². The molecule has 0 aromatic rings. The Labute approximate surface area is 268 Å². The van der Waals surface area contributed by atoms with Gasteiger partial charge in [-0.25, -0.2) is 4.18 Å². The van der Waals surface area contributed by atoms with Crippen molar-refractivity contribution >= 4 is 10.4 Å². The van der Waals surface area contributed by atoms with Crippen LogP contribution in [0.3, 0.4) is 0 Å². The Morgan fingerprint density at radius 2 is 1.64 bits per heavy atom. The molecule has 0 amide bonds. The number of nitrogens with two attached hydrogens (primary N) is 1. The minimum absolute atomic E-state index is 0.174. The van der Waals surface area contributed by atoms with E-state index in [9.17, 15) is 18.6 Å². The molecular formula is C34H65N3O6S. The third-order valence-corrected chi connectivity index (χ3v) is 13.9. The summed E-state index contributed by atoms with van der Waals surface area (Å²) in [6.45, 7) is 14.2. The standard InChI is InChI=1S/C34H65N3O6S/c1-23(9-12-30(39)32(2,3)43-44(40,41)42)26-10-11-27-31-28(14-16-34(26,27)5)33(4)15-13-25(21-24(33)22-29(31)38)37-20-8-19-36-18-7-6-17-35/h23-31,36-39H,6-22,35H2,1-5H3,(H,40,41,42)/t23?,24-,25+,26-,27?,28?,29?,30?,31?,33+,34-/m1/s1. The average molecular weight is 644 g/mol. The van der Waals surface area contributed by atoms with Crippen LogP contribution >= 0.6 is 0 Å². The predicted molar refractivity (Wildman–Crippen MR) is 175 cm³/mol. The number of aliphatic hydroxyl groups excluding tert-OH is 2. The summed E-state index contributed by atoms with van der Waals surface area (Å²) in [6.07, 6.45) is 12.6. The summed E-state index contributed by atoms with van der Waals surface area (Å²) in [5.74, 6) is 2.94. The molecule has 7 N–H and O–H groups in total. The van der Waals surface area contributed by atoms with Gasteiger partial charge in [-0.3, -0.25) is 4.55 Å². The van der Waals surface area contributed by atoms with Crippen molar-refractivity contribution in [3.63, 3.8) is 0 Å². The van der Waals surface area contributed by atoms with Gasteiger partial charge in [0.25, 0.3) is 0 Å². The number of nitrogens with one attached hydrogen (secondary N) is 2. The van der Waals surface area contributed by atoms with E-state index in [-0.39, 0.29) is 11.5 Å². The second-order valence-corrected chi connectivity index (χ2v) is 17.3. The molecule has 44 heavy (non-hydrogen) atoms. The predicted octanol–water partition coefficient (Wildman–Crippen LogP) is 4.67. The molecule has 0 spiro atoms. The van der Waals surface area contributed by atoms with Crippen LogP contribution < -0.4 is 16.4 Å². The Hall–Kier alpha value is -0.330. The molecule has 0 heterocycles. The summed E-state index contributed by atoms with van der Waals surface area (Å²) in [7, 11) is -4.64. The highest BCUT2D eigenvalue weighted by Crippen LogP contribution is 2.68. The molecule has 0 saturated heterocycles.